The summed E-state index contributed by atoms with van der Waals surface area (Å²) in [4.78, 5) is 13.4. The Morgan fingerprint density at radius 3 is 2.69 bits per heavy atom. The third kappa shape index (κ3) is 3.04. The Hall–Kier alpha value is -2.18. The number of hydrogen-bond acceptors (Lipinski definition) is 3. The highest BCUT2D eigenvalue weighted by Crippen LogP contribution is 2.47. The van der Waals surface area contributed by atoms with Gasteiger partial charge in [0.05, 0.1) is 17.3 Å². The monoisotopic (exact) mass is 431 g/mol. The summed E-state index contributed by atoms with van der Waals surface area (Å²) in [6.07, 6.45) is 0.355. The number of benzene rings is 2. The highest BCUT2D eigenvalue weighted by Gasteiger charge is 2.30. The number of carbonyl (C=O) groups is 1. The summed E-state index contributed by atoms with van der Waals surface area (Å²) in [6.45, 7) is 0. The van der Waals surface area contributed by atoms with Crippen LogP contribution in [-0.2, 0) is 4.79 Å². The number of amides is 1. The van der Waals surface area contributed by atoms with Gasteiger partial charge in [0.15, 0.2) is 0 Å². The Labute approximate surface area is 162 Å². The lowest BCUT2D eigenvalue weighted by Crippen LogP contribution is -2.22. The van der Waals surface area contributed by atoms with E-state index < -0.39 is 0 Å². The number of ether oxygens (including phenoxy) is 1. The van der Waals surface area contributed by atoms with E-state index in [1.807, 2.05) is 24.3 Å². The van der Waals surface area contributed by atoms with Crippen molar-refractivity contribution >= 4 is 38.9 Å². The Kier molecular flexibility index (Phi) is 4.54. The molecule has 26 heavy (non-hydrogen) atoms. The largest absolute Gasteiger partial charge is 0.497 e. The van der Waals surface area contributed by atoms with Crippen LogP contribution in [0.15, 0.2) is 52.3 Å². The smallest absolute Gasteiger partial charge is 0.225 e. The van der Waals surface area contributed by atoms with Gasteiger partial charge in [0.2, 0.25) is 5.91 Å². The van der Waals surface area contributed by atoms with Crippen molar-refractivity contribution in [3.8, 4) is 16.9 Å². The zero-order chi connectivity index (χ0) is 18.3. The summed E-state index contributed by atoms with van der Waals surface area (Å²) < 4.78 is 19.2. The van der Waals surface area contributed by atoms with Gasteiger partial charge in [-0.1, -0.05) is 18.2 Å². The van der Waals surface area contributed by atoms with E-state index in [1.165, 1.54) is 6.07 Å². The second-order valence-corrected chi connectivity index (χ2v) is 7.86. The molecule has 1 amide bonds. The third-order valence-corrected chi connectivity index (χ3v) is 6.24. The molecule has 1 aliphatic heterocycles. The number of thiophene rings is 1. The maximum absolute atomic E-state index is 13.6. The van der Waals surface area contributed by atoms with Crippen LogP contribution in [0.3, 0.4) is 0 Å². The van der Waals surface area contributed by atoms with Crippen LogP contribution in [0.2, 0.25) is 0 Å². The maximum atomic E-state index is 13.6. The van der Waals surface area contributed by atoms with Crippen LogP contribution >= 0.6 is 27.3 Å². The van der Waals surface area contributed by atoms with E-state index >= 15 is 0 Å². The number of halogens is 2. The number of nitrogens with one attached hydrogen (secondary N) is 1. The molecule has 1 N–H and O–H groups in total. The highest BCUT2D eigenvalue weighted by atomic mass is 79.9. The van der Waals surface area contributed by atoms with Gasteiger partial charge in [-0.2, -0.15) is 0 Å². The molecule has 0 saturated carbocycles. The van der Waals surface area contributed by atoms with Crippen molar-refractivity contribution in [3.05, 3.63) is 68.6 Å². The molecule has 2 heterocycles. The number of anilines is 1. The first-order valence-electron chi connectivity index (χ1n) is 8.07. The topological polar surface area (TPSA) is 38.3 Å². The third-order valence-electron chi connectivity index (χ3n) is 4.54. The zero-order valence-corrected chi connectivity index (χ0v) is 16.3. The van der Waals surface area contributed by atoms with Gasteiger partial charge in [0, 0.05) is 28.2 Å². The zero-order valence-electron chi connectivity index (χ0n) is 13.9. The first-order chi connectivity index (χ1) is 12.6. The Morgan fingerprint density at radius 2 is 2.00 bits per heavy atom. The normalized spacial score (nSPS) is 16.1. The molecule has 1 aromatic heterocycles. The Morgan fingerprint density at radius 1 is 1.23 bits per heavy atom. The fraction of sp³-hybridized carbons (Fsp3) is 0.150. The summed E-state index contributed by atoms with van der Waals surface area (Å²) >= 11 is 4.86. The summed E-state index contributed by atoms with van der Waals surface area (Å²) in [5.41, 5.74) is 3.79. The number of hydrogen-bond donors (Lipinski definition) is 1. The van der Waals surface area contributed by atoms with Crippen LogP contribution in [0, 0.1) is 5.82 Å². The van der Waals surface area contributed by atoms with Crippen molar-refractivity contribution in [1.29, 1.82) is 0 Å². The minimum absolute atomic E-state index is 0.0314. The molecule has 0 spiro atoms. The van der Waals surface area contributed by atoms with Crippen molar-refractivity contribution in [3.63, 3.8) is 0 Å². The maximum Gasteiger partial charge on any atom is 0.225 e. The molecule has 0 bridgehead atoms. The van der Waals surface area contributed by atoms with Crippen molar-refractivity contribution in [2.24, 2.45) is 0 Å². The van der Waals surface area contributed by atoms with Crippen LogP contribution in [0.4, 0.5) is 10.1 Å². The molecule has 3 aromatic rings. The molecule has 1 atom stereocenters. The average molecular weight is 432 g/mol. The van der Waals surface area contributed by atoms with E-state index in [9.17, 15) is 9.18 Å². The number of fused-ring (bicyclic) bond motifs is 1. The lowest BCUT2D eigenvalue weighted by molar-refractivity contribution is -0.116. The van der Waals surface area contributed by atoms with E-state index in [-0.39, 0.29) is 17.6 Å². The second kappa shape index (κ2) is 6.85. The Bertz CT molecular complexity index is 984. The van der Waals surface area contributed by atoms with Crippen LogP contribution < -0.4 is 10.1 Å². The van der Waals surface area contributed by atoms with Crippen molar-refractivity contribution < 1.29 is 13.9 Å². The summed E-state index contributed by atoms with van der Waals surface area (Å²) in [5.74, 6) is 0.374. The number of carbonyl (C=O) groups excluding carboxylic acids is 1. The molecule has 3 nitrogen and oxygen atoms in total. The van der Waals surface area contributed by atoms with Crippen LogP contribution in [0.1, 0.15) is 22.8 Å². The predicted octanol–water partition coefficient (Wildman–Crippen LogP) is 5.80. The molecule has 4 rings (SSSR count). The van der Waals surface area contributed by atoms with Gasteiger partial charge in [-0.3, -0.25) is 4.79 Å². The summed E-state index contributed by atoms with van der Waals surface area (Å²) in [5, 5.41) is 5.07. The summed E-state index contributed by atoms with van der Waals surface area (Å²) in [7, 11) is 1.63. The van der Waals surface area contributed by atoms with Crippen molar-refractivity contribution in [1.82, 2.24) is 0 Å². The van der Waals surface area contributed by atoms with Gasteiger partial charge < -0.3 is 10.1 Å². The van der Waals surface area contributed by atoms with Crippen LogP contribution in [0.25, 0.3) is 11.1 Å². The quantitative estimate of drug-likeness (QED) is 0.568. The molecule has 1 aliphatic rings. The van der Waals surface area contributed by atoms with Gasteiger partial charge >= 0.3 is 0 Å². The molecule has 0 fully saturated rings. The number of methoxy groups -OCH3 is 1. The lowest BCUT2D eigenvalue weighted by Gasteiger charge is -2.24. The number of rotatable bonds is 3. The van der Waals surface area contributed by atoms with Gasteiger partial charge in [-0.25, -0.2) is 4.39 Å². The fourth-order valence-electron chi connectivity index (χ4n) is 3.21. The first-order valence-corrected chi connectivity index (χ1v) is 9.74. The van der Waals surface area contributed by atoms with E-state index in [4.69, 9.17) is 4.74 Å². The molecule has 2 aromatic carbocycles. The van der Waals surface area contributed by atoms with E-state index in [1.54, 1.807) is 30.6 Å². The predicted molar refractivity (Wildman–Crippen MR) is 105 cm³/mol. The van der Waals surface area contributed by atoms with Gasteiger partial charge in [-0.05, 0) is 51.3 Å². The van der Waals surface area contributed by atoms with Gasteiger partial charge in [0.1, 0.15) is 11.6 Å². The standard InChI is InChI=1S/C20H15BrFNO2S/c1-25-13-5-2-11(3-6-13)15-10-26-20-14(9-18(24)23-19(15)20)12-4-7-17(22)16(21)8-12/h2-8,10,14H,9H2,1H3,(H,23,24). The molecule has 1 unspecified atom stereocenters. The molecular weight excluding hydrogens is 417 g/mol. The van der Waals surface area contributed by atoms with E-state index in [0.717, 1.165) is 33.0 Å². The van der Waals surface area contributed by atoms with Crippen molar-refractivity contribution in [2.75, 3.05) is 12.4 Å². The van der Waals surface area contributed by atoms with Crippen molar-refractivity contribution in [2.45, 2.75) is 12.3 Å². The summed E-state index contributed by atoms with van der Waals surface area (Å²) in [6, 6.07) is 12.7. The van der Waals surface area contributed by atoms with Crippen LogP contribution in [0.5, 0.6) is 5.75 Å². The fourth-order valence-corrected chi connectivity index (χ4v) is 4.77. The second-order valence-electron chi connectivity index (χ2n) is 6.10. The highest BCUT2D eigenvalue weighted by molar-refractivity contribution is 9.10. The molecule has 132 valence electrons. The molecule has 0 aliphatic carbocycles. The van der Waals surface area contributed by atoms with Gasteiger partial charge in [0.25, 0.3) is 0 Å². The van der Waals surface area contributed by atoms with Crippen LogP contribution in [-0.4, -0.2) is 13.0 Å². The molecule has 0 radical (unpaired) electrons. The van der Waals surface area contributed by atoms with Gasteiger partial charge in [-0.15, -0.1) is 11.3 Å². The molecule has 6 heteroatoms. The minimum Gasteiger partial charge on any atom is -0.497 e. The first kappa shape index (κ1) is 17.2. The SMILES string of the molecule is COc1ccc(-c2csc3c2NC(=O)CC3c2ccc(F)c(Br)c2)cc1. The minimum atomic E-state index is -0.306. The van der Waals surface area contributed by atoms with E-state index in [0.29, 0.717) is 10.9 Å². The van der Waals surface area contributed by atoms with E-state index in [2.05, 4.69) is 26.6 Å². The molecule has 0 saturated heterocycles. The lowest BCUT2D eigenvalue weighted by atomic mass is 9.89. The molecular formula is C20H15BrFNO2S. The average Bonchev–Trinajstić information content (AvgIpc) is 3.07. The Balaban J connectivity index is 1.78.